The molecule has 27 heavy (non-hydrogen) atoms. The van der Waals surface area contributed by atoms with Crippen LogP contribution in [0, 0.1) is 5.92 Å². The molecule has 1 saturated heterocycles. The van der Waals surface area contributed by atoms with E-state index in [9.17, 15) is 9.59 Å². The zero-order valence-electron chi connectivity index (χ0n) is 16.3. The molecule has 0 radical (unpaired) electrons. The van der Waals surface area contributed by atoms with E-state index in [1.807, 2.05) is 25.1 Å². The zero-order valence-corrected chi connectivity index (χ0v) is 16.3. The van der Waals surface area contributed by atoms with Crippen molar-refractivity contribution in [2.24, 2.45) is 5.92 Å². The normalized spacial score (nSPS) is 19.1. The monoisotopic (exact) mass is 375 g/mol. The number of ether oxygens (including phenoxy) is 2. The highest BCUT2D eigenvalue weighted by atomic mass is 16.5. The fourth-order valence-electron chi connectivity index (χ4n) is 3.38. The molecule has 1 aromatic rings. The number of benzene rings is 1. The van der Waals surface area contributed by atoms with Gasteiger partial charge in [0.1, 0.15) is 0 Å². The molecule has 0 saturated carbocycles. The van der Waals surface area contributed by atoms with Crippen LogP contribution in [-0.4, -0.2) is 57.2 Å². The molecular weight excluding hydrogens is 346 g/mol. The minimum Gasteiger partial charge on any atom is -0.493 e. The first kappa shape index (κ1) is 20.6. The maximum atomic E-state index is 12.5. The molecule has 0 spiro atoms. The fraction of sp³-hybridized carbons (Fsp3) is 0.500. The number of hydrogen-bond donors (Lipinski definition) is 2. The van der Waals surface area contributed by atoms with Crippen LogP contribution in [0.1, 0.15) is 24.8 Å². The second-order valence-electron chi connectivity index (χ2n) is 6.52. The lowest BCUT2D eigenvalue weighted by atomic mass is 9.84. The molecule has 1 aliphatic rings. The van der Waals surface area contributed by atoms with Gasteiger partial charge < -0.3 is 25.0 Å². The number of carbonyl (C=O) groups is 2. The summed E-state index contributed by atoms with van der Waals surface area (Å²) in [5.74, 6) is 0.977. The summed E-state index contributed by atoms with van der Waals surface area (Å²) in [6.07, 6.45) is 2.31. The molecule has 0 bridgehead atoms. The van der Waals surface area contributed by atoms with Crippen LogP contribution in [0.2, 0.25) is 0 Å². The number of nitrogens with one attached hydrogen (secondary N) is 2. The minimum absolute atomic E-state index is 0.0284. The lowest BCUT2D eigenvalue weighted by molar-refractivity contribution is -0.126. The van der Waals surface area contributed by atoms with E-state index in [1.165, 1.54) is 0 Å². The van der Waals surface area contributed by atoms with Gasteiger partial charge in [-0.3, -0.25) is 4.79 Å². The van der Waals surface area contributed by atoms with Gasteiger partial charge in [-0.25, -0.2) is 4.79 Å². The van der Waals surface area contributed by atoms with Gasteiger partial charge in [0, 0.05) is 32.1 Å². The molecule has 1 heterocycles. The van der Waals surface area contributed by atoms with Gasteiger partial charge in [-0.15, -0.1) is 6.58 Å². The van der Waals surface area contributed by atoms with E-state index in [0.29, 0.717) is 44.1 Å². The zero-order chi connectivity index (χ0) is 19.8. The van der Waals surface area contributed by atoms with Crippen LogP contribution in [0.4, 0.5) is 4.79 Å². The van der Waals surface area contributed by atoms with Crippen LogP contribution >= 0.6 is 0 Å². The van der Waals surface area contributed by atoms with Gasteiger partial charge in [0.2, 0.25) is 5.91 Å². The molecule has 2 rings (SSSR count). The Morgan fingerprint density at radius 3 is 2.59 bits per heavy atom. The van der Waals surface area contributed by atoms with Gasteiger partial charge in [-0.2, -0.15) is 0 Å². The van der Waals surface area contributed by atoms with Gasteiger partial charge in [-0.1, -0.05) is 12.1 Å². The van der Waals surface area contributed by atoms with Crippen LogP contribution in [0.5, 0.6) is 11.5 Å². The van der Waals surface area contributed by atoms with Crippen molar-refractivity contribution in [2.75, 3.05) is 40.4 Å². The van der Waals surface area contributed by atoms with E-state index >= 15 is 0 Å². The van der Waals surface area contributed by atoms with Crippen molar-refractivity contribution in [3.05, 3.63) is 36.4 Å². The maximum Gasteiger partial charge on any atom is 0.317 e. The quantitative estimate of drug-likeness (QED) is 0.716. The number of hydrogen-bond acceptors (Lipinski definition) is 4. The molecule has 1 fully saturated rings. The van der Waals surface area contributed by atoms with Crippen molar-refractivity contribution in [3.8, 4) is 11.5 Å². The summed E-state index contributed by atoms with van der Waals surface area (Å²) < 4.78 is 10.7. The highest BCUT2D eigenvalue weighted by Gasteiger charge is 2.34. The summed E-state index contributed by atoms with van der Waals surface area (Å²) in [4.78, 5) is 26.6. The molecule has 1 aromatic carbocycles. The Balaban J connectivity index is 2.26. The molecule has 3 amide bonds. The molecule has 0 unspecified atom stereocenters. The summed E-state index contributed by atoms with van der Waals surface area (Å²) in [6.45, 7) is 7.41. The average Bonchev–Trinajstić information content (AvgIpc) is 2.71. The van der Waals surface area contributed by atoms with Gasteiger partial charge in [0.15, 0.2) is 11.5 Å². The third kappa shape index (κ3) is 5.15. The number of amides is 3. The Kier molecular flexibility index (Phi) is 7.52. The van der Waals surface area contributed by atoms with E-state index in [0.717, 1.165) is 5.56 Å². The van der Waals surface area contributed by atoms with Crippen molar-refractivity contribution in [2.45, 2.75) is 19.3 Å². The lowest BCUT2D eigenvalue weighted by Gasteiger charge is -2.37. The maximum absolute atomic E-state index is 12.5. The van der Waals surface area contributed by atoms with E-state index in [4.69, 9.17) is 9.47 Å². The summed E-state index contributed by atoms with van der Waals surface area (Å²) in [6, 6.07) is 5.59. The van der Waals surface area contributed by atoms with Crippen molar-refractivity contribution in [1.29, 1.82) is 0 Å². The molecule has 2 atom stereocenters. The van der Waals surface area contributed by atoms with E-state index in [1.54, 1.807) is 25.2 Å². The summed E-state index contributed by atoms with van der Waals surface area (Å²) >= 11 is 0. The van der Waals surface area contributed by atoms with E-state index in [2.05, 4.69) is 17.2 Å². The Labute approximate surface area is 160 Å². The van der Waals surface area contributed by atoms with Crippen molar-refractivity contribution in [3.63, 3.8) is 0 Å². The largest absolute Gasteiger partial charge is 0.493 e. The molecule has 0 aromatic heterocycles. The lowest BCUT2D eigenvalue weighted by Crippen LogP contribution is -2.51. The topological polar surface area (TPSA) is 79.9 Å². The molecule has 148 valence electrons. The Bertz CT molecular complexity index is 677. The summed E-state index contributed by atoms with van der Waals surface area (Å²) in [7, 11) is 3.18. The number of rotatable bonds is 7. The molecule has 0 aliphatic carbocycles. The first-order valence-electron chi connectivity index (χ1n) is 9.17. The third-order valence-electron chi connectivity index (χ3n) is 4.74. The molecule has 1 aliphatic heterocycles. The third-order valence-corrected chi connectivity index (χ3v) is 4.74. The fourth-order valence-corrected chi connectivity index (χ4v) is 3.38. The molecule has 2 N–H and O–H groups in total. The molecule has 7 nitrogen and oxygen atoms in total. The first-order chi connectivity index (χ1) is 13.0. The Morgan fingerprint density at radius 1 is 1.22 bits per heavy atom. The van der Waals surface area contributed by atoms with Gasteiger partial charge in [0.05, 0.1) is 20.1 Å². The van der Waals surface area contributed by atoms with E-state index < -0.39 is 0 Å². The highest BCUT2D eigenvalue weighted by molar-refractivity contribution is 5.81. The second kappa shape index (κ2) is 9.85. The Morgan fingerprint density at radius 2 is 1.96 bits per heavy atom. The number of nitrogens with zero attached hydrogens (tertiary/aromatic N) is 1. The molecular formula is C20H29N3O4. The average molecular weight is 375 g/mol. The van der Waals surface area contributed by atoms with Gasteiger partial charge in [-0.05, 0) is 31.0 Å². The minimum atomic E-state index is -0.278. The van der Waals surface area contributed by atoms with Gasteiger partial charge >= 0.3 is 6.03 Å². The highest BCUT2D eigenvalue weighted by Crippen LogP contribution is 2.35. The standard InChI is InChI=1S/C20H29N3O4/c1-5-9-22-19(24)16-10-15(12-23(13-16)20(25)21-6-2)14-7-8-17(26-3)18(11-14)27-4/h5,7-8,11,15-16H,1,6,9-10,12-13H2,2-4H3,(H,21,25)(H,22,24)/t15-,16-/m0/s1. The second-order valence-corrected chi connectivity index (χ2v) is 6.52. The Hall–Kier alpha value is -2.70. The van der Waals surface area contributed by atoms with Crippen molar-refractivity contribution < 1.29 is 19.1 Å². The summed E-state index contributed by atoms with van der Waals surface area (Å²) in [5, 5.41) is 5.67. The SMILES string of the molecule is C=CCNC(=O)[C@H]1C[C@H](c2ccc(OC)c(OC)c2)CN(C(=O)NCC)C1. The smallest absolute Gasteiger partial charge is 0.317 e. The van der Waals surface area contributed by atoms with Crippen LogP contribution in [0.3, 0.4) is 0 Å². The number of methoxy groups -OCH3 is 2. The van der Waals surface area contributed by atoms with Gasteiger partial charge in [0.25, 0.3) is 0 Å². The van der Waals surface area contributed by atoms with Crippen molar-refractivity contribution in [1.82, 2.24) is 15.5 Å². The summed E-state index contributed by atoms with van der Waals surface area (Å²) in [5.41, 5.74) is 1.02. The predicted octanol–water partition coefficient (Wildman–Crippen LogP) is 2.14. The number of carbonyl (C=O) groups excluding carboxylic acids is 2. The molecule has 7 heteroatoms. The van der Waals surface area contributed by atoms with Crippen LogP contribution in [0.25, 0.3) is 0 Å². The first-order valence-corrected chi connectivity index (χ1v) is 9.17. The van der Waals surface area contributed by atoms with Crippen LogP contribution in [0.15, 0.2) is 30.9 Å². The number of likely N-dealkylation sites (tertiary alicyclic amines) is 1. The van der Waals surface area contributed by atoms with Crippen LogP contribution < -0.4 is 20.1 Å². The number of piperidine rings is 1. The van der Waals surface area contributed by atoms with Crippen molar-refractivity contribution >= 4 is 11.9 Å². The van der Waals surface area contributed by atoms with Crippen LogP contribution in [-0.2, 0) is 4.79 Å². The van der Waals surface area contributed by atoms with E-state index in [-0.39, 0.29) is 23.8 Å². The number of urea groups is 1. The predicted molar refractivity (Wildman–Crippen MR) is 104 cm³/mol.